The van der Waals surface area contributed by atoms with Gasteiger partial charge in [-0.3, -0.25) is 0 Å². The summed E-state index contributed by atoms with van der Waals surface area (Å²) in [4.78, 5) is 8.63. The maximum absolute atomic E-state index is 4.42. The van der Waals surface area contributed by atoms with Gasteiger partial charge < -0.3 is 10.6 Å². The van der Waals surface area contributed by atoms with Crippen molar-refractivity contribution in [2.75, 3.05) is 25.5 Å². The molecule has 1 heterocycles. The van der Waals surface area contributed by atoms with Gasteiger partial charge in [0.25, 0.3) is 0 Å². The third-order valence-electron chi connectivity index (χ3n) is 2.14. The molecule has 2 N–H and O–H groups in total. The van der Waals surface area contributed by atoms with Crippen molar-refractivity contribution >= 4 is 5.82 Å². The minimum Gasteiger partial charge on any atom is -0.370 e. The van der Waals surface area contributed by atoms with Gasteiger partial charge in [0.2, 0.25) is 0 Å². The van der Waals surface area contributed by atoms with Gasteiger partial charge in [-0.05, 0) is 19.5 Å². The second-order valence-electron chi connectivity index (χ2n) is 3.49. The molecule has 0 radical (unpaired) electrons. The van der Waals surface area contributed by atoms with Crippen LogP contribution in [0.1, 0.15) is 25.6 Å². The fraction of sp³-hybridized carbons (Fsp3) is 0.636. The third kappa shape index (κ3) is 4.74. The van der Waals surface area contributed by atoms with Crippen LogP contribution in [0.25, 0.3) is 0 Å². The van der Waals surface area contributed by atoms with Gasteiger partial charge in [-0.2, -0.15) is 0 Å². The lowest BCUT2D eigenvalue weighted by molar-refractivity contribution is 0.754. The van der Waals surface area contributed by atoms with E-state index in [4.69, 9.17) is 0 Å². The number of unbranched alkanes of at least 4 members (excludes halogenated alkanes) is 1. The Kier molecular flexibility index (Phi) is 5.70. The highest BCUT2D eigenvalue weighted by atomic mass is 15.0. The van der Waals surface area contributed by atoms with E-state index in [0.717, 1.165) is 31.2 Å². The van der Waals surface area contributed by atoms with E-state index in [0.29, 0.717) is 0 Å². The lowest BCUT2D eigenvalue weighted by atomic mass is 10.3. The molecule has 0 saturated heterocycles. The number of hydrogen-bond donors (Lipinski definition) is 2. The molecule has 0 bridgehead atoms. The van der Waals surface area contributed by atoms with E-state index in [1.165, 1.54) is 12.8 Å². The fourth-order valence-electron chi connectivity index (χ4n) is 1.25. The normalized spacial score (nSPS) is 10.3. The molecule has 0 spiro atoms. The molecule has 4 heteroatoms. The number of nitrogens with zero attached hydrogens (tertiary/aromatic N) is 2. The topological polar surface area (TPSA) is 49.8 Å². The highest BCUT2D eigenvalue weighted by molar-refractivity contribution is 5.32. The average molecular weight is 208 g/mol. The Hall–Kier alpha value is -1.16. The highest BCUT2D eigenvalue weighted by Crippen LogP contribution is 2.02. The molecule has 0 amide bonds. The molecule has 0 aromatic carbocycles. The van der Waals surface area contributed by atoms with Crippen molar-refractivity contribution < 1.29 is 0 Å². The number of anilines is 1. The second kappa shape index (κ2) is 7.17. The number of aromatic nitrogens is 2. The van der Waals surface area contributed by atoms with E-state index in [1.54, 1.807) is 0 Å². The molecule has 1 aromatic heterocycles. The van der Waals surface area contributed by atoms with Crippen molar-refractivity contribution in [3.05, 3.63) is 18.1 Å². The van der Waals surface area contributed by atoms with Crippen molar-refractivity contribution in [3.8, 4) is 0 Å². The predicted octanol–water partition coefficient (Wildman–Crippen LogP) is 1.45. The quantitative estimate of drug-likeness (QED) is 0.666. The summed E-state index contributed by atoms with van der Waals surface area (Å²) in [7, 11) is 1.93. The van der Waals surface area contributed by atoms with E-state index in [-0.39, 0.29) is 0 Å². The largest absolute Gasteiger partial charge is 0.370 e. The Morgan fingerprint density at radius 3 is 2.93 bits per heavy atom. The number of likely N-dealkylation sites (N-methyl/N-ethyl adjacent to an activating group) is 1. The molecular weight excluding hydrogens is 188 g/mol. The zero-order valence-corrected chi connectivity index (χ0v) is 9.58. The summed E-state index contributed by atoms with van der Waals surface area (Å²) in [5.41, 5.74) is 0. The molecule has 1 rings (SSSR count). The number of rotatable bonds is 7. The SMILES string of the molecule is CCCCNc1ccnc(CCNC)n1. The van der Waals surface area contributed by atoms with Gasteiger partial charge in [-0.15, -0.1) is 0 Å². The van der Waals surface area contributed by atoms with E-state index in [1.807, 2.05) is 19.3 Å². The Morgan fingerprint density at radius 2 is 2.20 bits per heavy atom. The van der Waals surface area contributed by atoms with Gasteiger partial charge in [-0.25, -0.2) is 9.97 Å². The van der Waals surface area contributed by atoms with Crippen LogP contribution >= 0.6 is 0 Å². The van der Waals surface area contributed by atoms with E-state index < -0.39 is 0 Å². The van der Waals surface area contributed by atoms with Crippen LogP contribution in [0.4, 0.5) is 5.82 Å². The molecule has 0 fully saturated rings. The molecule has 0 aliphatic heterocycles. The van der Waals surface area contributed by atoms with Gasteiger partial charge in [0.1, 0.15) is 11.6 Å². The zero-order chi connectivity index (χ0) is 10.9. The highest BCUT2D eigenvalue weighted by Gasteiger charge is 1.97. The van der Waals surface area contributed by atoms with Gasteiger partial charge in [0.15, 0.2) is 0 Å². The molecule has 84 valence electrons. The summed E-state index contributed by atoms with van der Waals surface area (Å²) in [6.45, 7) is 4.08. The van der Waals surface area contributed by atoms with Crippen LogP contribution in [0.5, 0.6) is 0 Å². The minimum atomic E-state index is 0.875. The van der Waals surface area contributed by atoms with Crippen LogP contribution in [0.2, 0.25) is 0 Å². The van der Waals surface area contributed by atoms with E-state index in [2.05, 4.69) is 27.5 Å². The predicted molar refractivity (Wildman–Crippen MR) is 63.1 cm³/mol. The first kappa shape index (κ1) is 11.9. The molecule has 15 heavy (non-hydrogen) atoms. The standard InChI is InChI=1S/C11H20N4/c1-3-4-7-13-11-6-9-14-10(15-11)5-8-12-2/h6,9,12H,3-5,7-8H2,1-2H3,(H,13,14,15). The lowest BCUT2D eigenvalue weighted by Crippen LogP contribution is -2.13. The summed E-state index contributed by atoms with van der Waals surface area (Å²) in [6.07, 6.45) is 5.06. The van der Waals surface area contributed by atoms with E-state index >= 15 is 0 Å². The summed E-state index contributed by atoms with van der Waals surface area (Å²) in [5, 5.41) is 6.38. The Labute approximate surface area is 91.5 Å². The molecule has 4 nitrogen and oxygen atoms in total. The Balaban J connectivity index is 2.42. The van der Waals surface area contributed by atoms with Gasteiger partial charge in [0, 0.05) is 25.7 Å². The van der Waals surface area contributed by atoms with Crippen LogP contribution in [-0.4, -0.2) is 30.1 Å². The van der Waals surface area contributed by atoms with E-state index in [9.17, 15) is 0 Å². The molecule has 0 aliphatic carbocycles. The molecule has 0 aliphatic rings. The van der Waals surface area contributed by atoms with Gasteiger partial charge >= 0.3 is 0 Å². The van der Waals surface area contributed by atoms with Crippen molar-refractivity contribution in [2.24, 2.45) is 0 Å². The van der Waals surface area contributed by atoms with Crippen LogP contribution in [0.15, 0.2) is 12.3 Å². The molecule has 1 aromatic rings. The molecule has 0 saturated carbocycles. The summed E-state index contributed by atoms with van der Waals surface area (Å²) < 4.78 is 0. The second-order valence-corrected chi connectivity index (χ2v) is 3.49. The maximum Gasteiger partial charge on any atom is 0.131 e. The van der Waals surface area contributed by atoms with Crippen LogP contribution < -0.4 is 10.6 Å². The molecule has 0 atom stereocenters. The monoisotopic (exact) mass is 208 g/mol. The minimum absolute atomic E-state index is 0.875. The van der Waals surface area contributed by atoms with Crippen LogP contribution in [0, 0.1) is 0 Å². The fourth-order valence-corrected chi connectivity index (χ4v) is 1.25. The van der Waals surface area contributed by atoms with Crippen molar-refractivity contribution in [3.63, 3.8) is 0 Å². The van der Waals surface area contributed by atoms with Crippen LogP contribution in [0.3, 0.4) is 0 Å². The first-order valence-corrected chi connectivity index (χ1v) is 5.57. The zero-order valence-electron chi connectivity index (χ0n) is 9.58. The number of nitrogens with one attached hydrogen (secondary N) is 2. The Morgan fingerprint density at radius 1 is 1.33 bits per heavy atom. The van der Waals surface area contributed by atoms with Crippen molar-refractivity contribution in [1.82, 2.24) is 15.3 Å². The first-order chi connectivity index (χ1) is 7.36. The average Bonchev–Trinajstić information content (AvgIpc) is 2.27. The van der Waals surface area contributed by atoms with Crippen LogP contribution in [-0.2, 0) is 6.42 Å². The summed E-state index contributed by atoms with van der Waals surface area (Å²) in [5.74, 6) is 1.83. The lowest BCUT2D eigenvalue weighted by Gasteiger charge is -2.05. The molecule has 0 unspecified atom stereocenters. The number of hydrogen-bond acceptors (Lipinski definition) is 4. The summed E-state index contributed by atoms with van der Waals surface area (Å²) in [6, 6.07) is 1.92. The summed E-state index contributed by atoms with van der Waals surface area (Å²) >= 11 is 0. The third-order valence-corrected chi connectivity index (χ3v) is 2.14. The van der Waals surface area contributed by atoms with Crippen molar-refractivity contribution in [2.45, 2.75) is 26.2 Å². The smallest absolute Gasteiger partial charge is 0.131 e. The van der Waals surface area contributed by atoms with Gasteiger partial charge in [-0.1, -0.05) is 13.3 Å². The van der Waals surface area contributed by atoms with Gasteiger partial charge in [0.05, 0.1) is 0 Å². The van der Waals surface area contributed by atoms with Crippen molar-refractivity contribution in [1.29, 1.82) is 0 Å². The maximum atomic E-state index is 4.42. The Bertz CT molecular complexity index is 275. The first-order valence-electron chi connectivity index (χ1n) is 5.57. The molecular formula is C11H20N4.